The Balaban J connectivity index is 1.78. The molecule has 1 unspecified atom stereocenters. The van der Waals surface area contributed by atoms with Gasteiger partial charge in [-0.1, -0.05) is 26.0 Å². The van der Waals surface area contributed by atoms with Gasteiger partial charge in [0, 0.05) is 17.8 Å². The fraction of sp³-hybridized carbons (Fsp3) is 0.714. The zero-order valence-corrected chi connectivity index (χ0v) is 15.4. The number of hydrogen-bond acceptors (Lipinski definition) is 5. The third kappa shape index (κ3) is 2.08. The zero-order chi connectivity index (χ0) is 18.9. The van der Waals surface area contributed by atoms with E-state index in [2.05, 4.69) is 13.0 Å². The van der Waals surface area contributed by atoms with E-state index in [1.54, 1.807) is 6.08 Å². The number of carbonyl (C=O) groups excluding carboxylic acids is 2. The molecule has 142 valence electrons. The van der Waals surface area contributed by atoms with E-state index < -0.39 is 29.5 Å². The first-order valence-electron chi connectivity index (χ1n) is 9.65. The molecule has 4 aliphatic carbocycles. The van der Waals surface area contributed by atoms with Gasteiger partial charge in [0.2, 0.25) is 0 Å². The van der Waals surface area contributed by atoms with Crippen LogP contribution >= 0.6 is 0 Å². The van der Waals surface area contributed by atoms with Crippen LogP contribution in [0.25, 0.3) is 0 Å². The lowest BCUT2D eigenvalue weighted by Gasteiger charge is -2.58. The minimum Gasteiger partial charge on any atom is -0.393 e. The Bertz CT molecular complexity index is 724. The first-order chi connectivity index (χ1) is 12.2. The Morgan fingerprint density at radius 2 is 2.04 bits per heavy atom. The fourth-order valence-corrected chi connectivity index (χ4v) is 6.72. The fourth-order valence-electron chi connectivity index (χ4n) is 6.72. The molecule has 4 aliphatic rings. The summed E-state index contributed by atoms with van der Waals surface area (Å²) in [5.74, 6) is -0.290. The van der Waals surface area contributed by atoms with Gasteiger partial charge >= 0.3 is 0 Å². The van der Waals surface area contributed by atoms with Crippen molar-refractivity contribution in [3.8, 4) is 0 Å². The van der Waals surface area contributed by atoms with Gasteiger partial charge < -0.3 is 15.3 Å². The van der Waals surface area contributed by atoms with Crippen LogP contribution in [0.2, 0.25) is 0 Å². The van der Waals surface area contributed by atoms with E-state index in [0.717, 1.165) is 12.0 Å². The first-order valence-corrected chi connectivity index (χ1v) is 9.65. The maximum atomic E-state index is 12.3. The van der Waals surface area contributed by atoms with Crippen LogP contribution in [0.1, 0.15) is 46.0 Å². The summed E-state index contributed by atoms with van der Waals surface area (Å²) in [6, 6.07) is 0. The van der Waals surface area contributed by atoms with E-state index in [0.29, 0.717) is 25.7 Å². The first kappa shape index (κ1) is 18.1. The number of aliphatic hydroxyl groups excluding tert-OH is 2. The Kier molecular flexibility index (Phi) is 3.89. The van der Waals surface area contributed by atoms with Gasteiger partial charge in [0.25, 0.3) is 0 Å². The van der Waals surface area contributed by atoms with E-state index in [4.69, 9.17) is 0 Å². The van der Waals surface area contributed by atoms with Crippen molar-refractivity contribution in [1.29, 1.82) is 0 Å². The van der Waals surface area contributed by atoms with Gasteiger partial charge in [0.1, 0.15) is 12.2 Å². The van der Waals surface area contributed by atoms with Gasteiger partial charge in [0.05, 0.1) is 6.10 Å². The number of fused-ring (bicyclic) bond motifs is 5. The molecule has 0 heterocycles. The molecule has 0 aliphatic heterocycles. The molecule has 3 N–H and O–H groups in total. The molecule has 0 radical (unpaired) electrons. The van der Waals surface area contributed by atoms with Gasteiger partial charge in [-0.15, -0.1) is 0 Å². The van der Waals surface area contributed by atoms with Crippen LogP contribution in [0.15, 0.2) is 23.8 Å². The summed E-state index contributed by atoms with van der Waals surface area (Å²) in [7, 11) is 0. The lowest BCUT2D eigenvalue weighted by molar-refractivity contribution is -0.174. The summed E-state index contributed by atoms with van der Waals surface area (Å²) in [6.07, 6.45) is 7.74. The van der Waals surface area contributed by atoms with Crippen LogP contribution in [-0.2, 0) is 9.59 Å². The van der Waals surface area contributed by atoms with E-state index in [1.165, 1.54) is 0 Å². The predicted octanol–water partition coefficient (Wildman–Crippen LogP) is 1.56. The summed E-state index contributed by atoms with van der Waals surface area (Å²) in [5.41, 5.74) is -1.58. The molecule has 2 fully saturated rings. The minimum atomic E-state index is -1.58. The molecule has 5 nitrogen and oxygen atoms in total. The van der Waals surface area contributed by atoms with Crippen LogP contribution in [0.5, 0.6) is 0 Å². The average Bonchev–Trinajstić information content (AvgIpc) is 2.86. The van der Waals surface area contributed by atoms with Crippen molar-refractivity contribution < 1.29 is 24.9 Å². The number of Topliss-reactive ketones (excluding diaryl/α,β-unsaturated/α-hetero) is 1. The van der Waals surface area contributed by atoms with Crippen molar-refractivity contribution in [1.82, 2.24) is 0 Å². The van der Waals surface area contributed by atoms with Crippen LogP contribution in [0, 0.1) is 28.6 Å². The van der Waals surface area contributed by atoms with Gasteiger partial charge in [0.15, 0.2) is 11.6 Å². The third-order valence-electron chi connectivity index (χ3n) is 8.21. The summed E-state index contributed by atoms with van der Waals surface area (Å²) < 4.78 is 0. The van der Waals surface area contributed by atoms with Gasteiger partial charge in [-0.25, -0.2) is 0 Å². The van der Waals surface area contributed by atoms with Crippen molar-refractivity contribution in [2.45, 2.75) is 57.7 Å². The van der Waals surface area contributed by atoms with Gasteiger partial charge in [-0.3, -0.25) is 9.59 Å². The maximum Gasteiger partial charge on any atom is 0.190 e. The number of carbonyl (C=O) groups is 2. The van der Waals surface area contributed by atoms with Crippen molar-refractivity contribution in [3.05, 3.63) is 23.8 Å². The molecule has 2 saturated carbocycles. The maximum absolute atomic E-state index is 12.3. The highest BCUT2D eigenvalue weighted by Crippen LogP contribution is 2.66. The molecule has 4 rings (SSSR count). The Hall–Kier alpha value is -1.30. The minimum absolute atomic E-state index is 0.0171. The standard InChI is InChI=1S/C21H28O5/c1-19-7-5-13(23)9-12(19)3-4-14-15-6-8-21(26,17(25)11-22)20(15,2)10-16(24)18(14)19/h3-4,9,14-16,18,22,24,26H,5-8,10-11H2,1-2H3/t14-,15-,16-,18?,19-,20-,21-/m0/s1. The summed E-state index contributed by atoms with van der Waals surface area (Å²) in [4.78, 5) is 24.2. The summed E-state index contributed by atoms with van der Waals surface area (Å²) in [6.45, 7) is 3.35. The molecule has 0 bridgehead atoms. The lowest BCUT2D eigenvalue weighted by atomic mass is 9.47. The highest BCUT2D eigenvalue weighted by atomic mass is 16.3. The molecular formula is C21H28O5. The van der Waals surface area contributed by atoms with Crippen LogP contribution in [0.3, 0.4) is 0 Å². The van der Waals surface area contributed by atoms with Crippen molar-refractivity contribution in [3.63, 3.8) is 0 Å². The number of allylic oxidation sites excluding steroid dienone is 4. The quantitative estimate of drug-likeness (QED) is 0.695. The van der Waals surface area contributed by atoms with Gasteiger partial charge in [-0.2, -0.15) is 0 Å². The monoisotopic (exact) mass is 360 g/mol. The van der Waals surface area contributed by atoms with Crippen LogP contribution in [-0.4, -0.2) is 45.2 Å². The highest BCUT2D eigenvalue weighted by Gasteiger charge is 2.67. The molecular weight excluding hydrogens is 332 g/mol. The van der Waals surface area contributed by atoms with E-state index in [-0.39, 0.29) is 29.0 Å². The molecule has 7 atom stereocenters. The summed E-state index contributed by atoms with van der Waals surface area (Å²) >= 11 is 0. The topological polar surface area (TPSA) is 94.8 Å². The Morgan fingerprint density at radius 3 is 2.73 bits per heavy atom. The highest BCUT2D eigenvalue weighted by molar-refractivity contribution is 5.92. The van der Waals surface area contributed by atoms with Gasteiger partial charge in [-0.05, 0) is 54.6 Å². The zero-order valence-electron chi connectivity index (χ0n) is 15.4. The van der Waals surface area contributed by atoms with Crippen molar-refractivity contribution >= 4 is 11.6 Å². The normalized spacial score (nSPS) is 49.9. The average molecular weight is 360 g/mol. The van der Waals surface area contributed by atoms with E-state index >= 15 is 0 Å². The molecule has 0 aromatic rings. The largest absolute Gasteiger partial charge is 0.393 e. The number of hydrogen-bond donors (Lipinski definition) is 3. The number of aliphatic hydroxyl groups is 3. The number of rotatable bonds is 2. The Labute approximate surface area is 153 Å². The second kappa shape index (κ2) is 5.60. The second-order valence-electron chi connectivity index (χ2n) is 9.22. The predicted molar refractivity (Wildman–Crippen MR) is 95.0 cm³/mol. The molecule has 0 saturated heterocycles. The molecule has 0 amide bonds. The smallest absolute Gasteiger partial charge is 0.190 e. The number of ketones is 2. The molecule has 0 spiro atoms. The van der Waals surface area contributed by atoms with E-state index in [1.807, 2.05) is 13.0 Å². The lowest BCUT2D eigenvalue weighted by Crippen LogP contribution is -2.61. The molecule has 0 aromatic heterocycles. The molecule has 5 heteroatoms. The molecule has 0 aromatic carbocycles. The second-order valence-corrected chi connectivity index (χ2v) is 9.22. The van der Waals surface area contributed by atoms with E-state index in [9.17, 15) is 24.9 Å². The summed E-state index contributed by atoms with van der Waals surface area (Å²) in [5, 5.41) is 31.7. The molecule has 26 heavy (non-hydrogen) atoms. The van der Waals surface area contributed by atoms with Crippen molar-refractivity contribution in [2.24, 2.45) is 28.6 Å². The third-order valence-corrected chi connectivity index (χ3v) is 8.21. The van der Waals surface area contributed by atoms with Crippen LogP contribution < -0.4 is 0 Å². The van der Waals surface area contributed by atoms with Crippen LogP contribution in [0.4, 0.5) is 0 Å². The SMILES string of the molecule is C[C@]12CCC(=O)C=C1C=C[C@@H]1C2[C@@H](O)C[C@@]2(C)[C@H]1CC[C@]2(O)C(=O)CO. The van der Waals surface area contributed by atoms with Crippen molar-refractivity contribution in [2.75, 3.05) is 6.61 Å². The Morgan fingerprint density at radius 1 is 1.31 bits per heavy atom.